The number of carbonyl (C=O) groups is 1. The summed E-state index contributed by atoms with van der Waals surface area (Å²) < 4.78 is 41.3. The van der Waals surface area contributed by atoms with Crippen LogP contribution in [-0.2, 0) is 9.53 Å². The summed E-state index contributed by atoms with van der Waals surface area (Å²) in [7, 11) is 1.50. The molecule has 1 aliphatic rings. The van der Waals surface area contributed by atoms with E-state index in [2.05, 4.69) is 0 Å². The molecule has 0 saturated carbocycles. The van der Waals surface area contributed by atoms with Crippen LogP contribution < -0.4 is 0 Å². The summed E-state index contributed by atoms with van der Waals surface area (Å²) in [5.74, 6) is -1.75. The molecule has 1 unspecified atom stereocenters. The van der Waals surface area contributed by atoms with Crippen LogP contribution in [0.2, 0.25) is 0 Å². The van der Waals surface area contributed by atoms with Gasteiger partial charge < -0.3 is 9.64 Å². The lowest BCUT2D eigenvalue weighted by Gasteiger charge is -2.23. The second-order valence-corrected chi connectivity index (χ2v) is 4.22. The fraction of sp³-hybridized carbons (Fsp3) is 0.889. The highest BCUT2D eigenvalue weighted by molar-refractivity contribution is 5.82. The van der Waals surface area contributed by atoms with Crippen LogP contribution in [0.3, 0.4) is 0 Å². The molecule has 15 heavy (non-hydrogen) atoms. The van der Waals surface area contributed by atoms with Gasteiger partial charge in [-0.1, -0.05) is 6.92 Å². The van der Waals surface area contributed by atoms with Crippen LogP contribution in [0.15, 0.2) is 0 Å². The third-order valence-electron chi connectivity index (χ3n) is 2.58. The van der Waals surface area contributed by atoms with Crippen LogP contribution in [-0.4, -0.2) is 43.8 Å². The first-order chi connectivity index (χ1) is 6.78. The van der Waals surface area contributed by atoms with E-state index in [4.69, 9.17) is 4.74 Å². The number of alkyl halides is 3. The fourth-order valence-electron chi connectivity index (χ4n) is 1.84. The van der Waals surface area contributed by atoms with E-state index in [0.29, 0.717) is 13.0 Å². The number of likely N-dealkylation sites (tertiary alicyclic amines) is 1. The maximum absolute atomic E-state index is 12.1. The normalized spacial score (nSPS) is 27.1. The lowest BCUT2D eigenvalue weighted by Crippen LogP contribution is -2.41. The highest BCUT2D eigenvalue weighted by Gasteiger charge is 2.47. The number of hydrogen-bond donors (Lipinski definition) is 0. The van der Waals surface area contributed by atoms with Crippen molar-refractivity contribution in [2.45, 2.75) is 19.5 Å². The van der Waals surface area contributed by atoms with E-state index < -0.39 is 12.1 Å². The minimum absolute atomic E-state index is 0.110. The number of amides is 1. The van der Waals surface area contributed by atoms with Crippen LogP contribution in [0.4, 0.5) is 13.2 Å². The molecule has 1 heterocycles. The molecule has 0 aromatic heterocycles. The monoisotopic (exact) mass is 225 g/mol. The Morgan fingerprint density at radius 2 is 2.13 bits per heavy atom. The molecule has 88 valence electrons. The molecule has 0 bridgehead atoms. The molecule has 6 heteroatoms. The van der Waals surface area contributed by atoms with Gasteiger partial charge in [-0.3, -0.25) is 4.79 Å². The molecule has 0 aromatic rings. The zero-order valence-electron chi connectivity index (χ0n) is 8.73. The van der Waals surface area contributed by atoms with Gasteiger partial charge in [0.05, 0.1) is 6.61 Å². The van der Waals surface area contributed by atoms with Crippen molar-refractivity contribution < 1.29 is 22.7 Å². The van der Waals surface area contributed by atoms with Crippen LogP contribution in [0.5, 0.6) is 0 Å². The Morgan fingerprint density at radius 1 is 1.53 bits per heavy atom. The van der Waals surface area contributed by atoms with Crippen LogP contribution >= 0.6 is 0 Å². The van der Waals surface area contributed by atoms with Gasteiger partial charge in [0.1, 0.15) is 0 Å². The molecule has 1 fully saturated rings. The quantitative estimate of drug-likeness (QED) is 0.711. The predicted octanol–water partition coefficient (Wildman–Crippen LogP) is 1.43. The molecule has 0 radical (unpaired) electrons. The average molecular weight is 225 g/mol. The van der Waals surface area contributed by atoms with Crippen molar-refractivity contribution in [1.29, 1.82) is 0 Å². The number of halogens is 3. The predicted molar refractivity (Wildman–Crippen MR) is 47.2 cm³/mol. The van der Waals surface area contributed by atoms with E-state index in [1.807, 2.05) is 6.92 Å². The Balaban J connectivity index is 2.60. The van der Waals surface area contributed by atoms with Gasteiger partial charge >= 0.3 is 12.1 Å². The molecule has 1 saturated heterocycles. The minimum Gasteiger partial charge on any atom is -0.384 e. The molecular formula is C9H14F3NO2. The van der Waals surface area contributed by atoms with E-state index in [0.717, 1.165) is 4.90 Å². The van der Waals surface area contributed by atoms with E-state index in [1.54, 1.807) is 0 Å². The highest BCUT2D eigenvalue weighted by atomic mass is 19.4. The summed E-state index contributed by atoms with van der Waals surface area (Å²) >= 11 is 0. The number of ether oxygens (including phenoxy) is 1. The molecule has 1 aliphatic heterocycles. The van der Waals surface area contributed by atoms with E-state index in [1.165, 1.54) is 7.11 Å². The number of nitrogens with zero attached hydrogens (tertiary/aromatic N) is 1. The second-order valence-electron chi connectivity index (χ2n) is 4.22. The van der Waals surface area contributed by atoms with E-state index in [-0.39, 0.29) is 18.5 Å². The van der Waals surface area contributed by atoms with E-state index >= 15 is 0 Å². The van der Waals surface area contributed by atoms with Gasteiger partial charge in [-0.15, -0.1) is 0 Å². The first kappa shape index (κ1) is 12.3. The Morgan fingerprint density at radius 3 is 2.60 bits per heavy atom. The van der Waals surface area contributed by atoms with Crippen molar-refractivity contribution in [1.82, 2.24) is 4.90 Å². The largest absolute Gasteiger partial charge is 0.471 e. The van der Waals surface area contributed by atoms with Crippen LogP contribution in [0, 0.1) is 5.41 Å². The SMILES string of the molecule is COCC1(C)CCN(C(=O)C(F)(F)F)C1. The highest BCUT2D eigenvalue weighted by Crippen LogP contribution is 2.32. The molecule has 0 N–H and O–H groups in total. The van der Waals surface area contributed by atoms with Crippen molar-refractivity contribution in [3.05, 3.63) is 0 Å². The zero-order chi connectivity index (χ0) is 11.7. The summed E-state index contributed by atoms with van der Waals surface area (Å²) in [6.07, 6.45) is -4.22. The topological polar surface area (TPSA) is 29.5 Å². The molecule has 1 amide bonds. The summed E-state index contributed by atoms with van der Waals surface area (Å²) in [6.45, 7) is 2.45. The molecule has 1 rings (SSSR count). The Bertz CT molecular complexity index is 254. The van der Waals surface area contributed by atoms with Crippen LogP contribution in [0.25, 0.3) is 0 Å². The summed E-state index contributed by atoms with van der Waals surface area (Å²) in [5, 5.41) is 0. The Hall–Kier alpha value is -0.780. The van der Waals surface area contributed by atoms with Crippen molar-refractivity contribution in [2.24, 2.45) is 5.41 Å². The van der Waals surface area contributed by atoms with Gasteiger partial charge in [0, 0.05) is 25.6 Å². The van der Waals surface area contributed by atoms with Gasteiger partial charge in [0.2, 0.25) is 0 Å². The third kappa shape index (κ3) is 2.84. The molecule has 3 nitrogen and oxygen atoms in total. The van der Waals surface area contributed by atoms with Crippen molar-refractivity contribution >= 4 is 5.91 Å². The number of methoxy groups -OCH3 is 1. The van der Waals surface area contributed by atoms with E-state index in [9.17, 15) is 18.0 Å². The average Bonchev–Trinajstić information content (AvgIpc) is 2.45. The minimum atomic E-state index is -4.77. The Labute approximate surface area is 86.2 Å². The summed E-state index contributed by atoms with van der Waals surface area (Å²) in [6, 6.07) is 0. The smallest absolute Gasteiger partial charge is 0.384 e. The van der Waals surface area contributed by atoms with Crippen LogP contribution in [0.1, 0.15) is 13.3 Å². The third-order valence-corrected chi connectivity index (χ3v) is 2.58. The molecule has 1 atom stereocenters. The van der Waals surface area contributed by atoms with Gasteiger partial charge in [0.15, 0.2) is 0 Å². The standard InChI is InChI=1S/C9H14F3NO2/c1-8(6-15-2)3-4-13(5-8)7(14)9(10,11)12/h3-6H2,1-2H3. The molecule has 0 aromatic carbocycles. The lowest BCUT2D eigenvalue weighted by atomic mass is 9.91. The summed E-state index contributed by atoms with van der Waals surface area (Å²) in [5.41, 5.74) is -0.352. The van der Waals surface area contributed by atoms with Crippen molar-refractivity contribution in [2.75, 3.05) is 26.8 Å². The van der Waals surface area contributed by atoms with Crippen molar-refractivity contribution in [3.63, 3.8) is 0 Å². The van der Waals surface area contributed by atoms with Gasteiger partial charge in [0.25, 0.3) is 0 Å². The maximum Gasteiger partial charge on any atom is 0.471 e. The first-order valence-corrected chi connectivity index (χ1v) is 4.63. The number of hydrogen-bond acceptors (Lipinski definition) is 2. The second kappa shape index (κ2) is 4.00. The first-order valence-electron chi connectivity index (χ1n) is 4.63. The lowest BCUT2D eigenvalue weighted by molar-refractivity contribution is -0.184. The summed E-state index contributed by atoms with van der Waals surface area (Å²) in [4.78, 5) is 11.8. The number of carbonyl (C=O) groups excluding carboxylic acids is 1. The fourth-order valence-corrected chi connectivity index (χ4v) is 1.84. The molecular weight excluding hydrogens is 211 g/mol. The molecule has 0 aliphatic carbocycles. The number of rotatable bonds is 2. The zero-order valence-corrected chi connectivity index (χ0v) is 8.73. The van der Waals surface area contributed by atoms with Gasteiger partial charge in [-0.05, 0) is 6.42 Å². The van der Waals surface area contributed by atoms with Gasteiger partial charge in [-0.25, -0.2) is 0 Å². The van der Waals surface area contributed by atoms with Gasteiger partial charge in [-0.2, -0.15) is 13.2 Å². The van der Waals surface area contributed by atoms with Crippen molar-refractivity contribution in [3.8, 4) is 0 Å². The maximum atomic E-state index is 12.1. The molecule has 0 spiro atoms. The Kier molecular flexibility index (Phi) is 3.28.